The molecule has 15 heavy (non-hydrogen) atoms. The van der Waals surface area contributed by atoms with Crippen molar-refractivity contribution in [3.63, 3.8) is 0 Å². The monoisotopic (exact) mass is 209 g/mol. The van der Waals surface area contributed by atoms with Crippen molar-refractivity contribution in [1.29, 1.82) is 0 Å². The smallest absolute Gasteiger partial charge is 0.130 e. The van der Waals surface area contributed by atoms with Gasteiger partial charge in [0, 0.05) is 5.56 Å². The SMILES string of the molecule is C=C(C)c1cc(C(O)CCN)ccc1F. The molecule has 0 spiro atoms. The number of aliphatic hydroxyl groups excluding tert-OH is 1. The summed E-state index contributed by atoms with van der Waals surface area (Å²) < 4.78 is 13.3. The van der Waals surface area contributed by atoms with Gasteiger partial charge in [0.2, 0.25) is 0 Å². The first-order chi connectivity index (χ1) is 7.06. The van der Waals surface area contributed by atoms with Crippen LogP contribution in [0.15, 0.2) is 24.8 Å². The molecule has 1 rings (SSSR count). The van der Waals surface area contributed by atoms with E-state index in [2.05, 4.69) is 6.58 Å². The van der Waals surface area contributed by atoms with Crippen molar-refractivity contribution in [3.8, 4) is 0 Å². The lowest BCUT2D eigenvalue weighted by atomic mass is 10.0. The first-order valence-corrected chi connectivity index (χ1v) is 4.89. The maximum atomic E-state index is 13.3. The Hall–Kier alpha value is -1.19. The molecule has 0 aliphatic carbocycles. The van der Waals surface area contributed by atoms with Crippen LogP contribution in [-0.2, 0) is 0 Å². The summed E-state index contributed by atoms with van der Waals surface area (Å²) in [5.41, 5.74) is 7.12. The molecule has 2 nitrogen and oxygen atoms in total. The minimum atomic E-state index is -0.631. The molecule has 0 bridgehead atoms. The van der Waals surface area contributed by atoms with Gasteiger partial charge in [-0.2, -0.15) is 0 Å². The lowest BCUT2D eigenvalue weighted by Gasteiger charge is -2.11. The number of hydrogen-bond acceptors (Lipinski definition) is 2. The van der Waals surface area contributed by atoms with Crippen LogP contribution in [0.25, 0.3) is 5.57 Å². The highest BCUT2D eigenvalue weighted by Gasteiger charge is 2.10. The highest BCUT2D eigenvalue weighted by atomic mass is 19.1. The highest BCUT2D eigenvalue weighted by Crippen LogP contribution is 2.23. The topological polar surface area (TPSA) is 46.2 Å². The largest absolute Gasteiger partial charge is 0.388 e. The molecule has 3 N–H and O–H groups in total. The number of allylic oxidation sites excluding steroid dienone is 1. The van der Waals surface area contributed by atoms with Crippen LogP contribution in [0.2, 0.25) is 0 Å². The zero-order valence-corrected chi connectivity index (χ0v) is 8.83. The Labute approximate surface area is 89.2 Å². The summed E-state index contributed by atoms with van der Waals surface area (Å²) in [5.74, 6) is -0.314. The second-order valence-corrected chi connectivity index (χ2v) is 3.61. The quantitative estimate of drug-likeness (QED) is 0.798. The van der Waals surface area contributed by atoms with Crippen LogP contribution in [-0.4, -0.2) is 11.7 Å². The van der Waals surface area contributed by atoms with Gasteiger partial charge in [0.1, 0.15) is 5.82 Å². The Balaban J connectivity index is 3.02. The van der Waals surface area contributed by atoms with Gasteiger partial charge in [0.25, 0.3) is 0 Å². The van der Waals surface area contributed by atoms with E-state index in [1.807, 2.05) is 0 Å². The van der Waals surface area contributed by atoms with Crippen LogP contribution >= 0.6 is 0 Å². The summed E-state index contributed by atoms with van der Waals surface area (Å²) in [5, 5.41) is 9.69. The molecule has 3 heteroatoms. The third-order valence-corrected chi connectivity index (χ3v) is 2.28. The molecule has 0 saturated carbocycles. The fourth-order valence-corrected chi connectivity index (χ4v) is 1.40. The van der Waals surface area contributed by atoms with E-state index in [1.54, 1.807) is 19.1 Å². The number of aliphatic hydroxyl groups is 1. The first-order valence-electron chi connectivity index (χ1n) is 4.89. The standard InChI is InChI=1S/C12H16FNO/c1-8(2)10-7-9(3-4-11(10)13)12(15)5-6-14/h3-4,7,12,15H,1,5-6,14H2,2H3. The summed E-state index contributed by atoms with van der Waals surface area (Å²) in [6.07, 6.45) is -0.157. The van der Waals surface area contributed by atoms with Gasteiger partial charge in [-0.3, -0.25) is 0 Å². The average molecular weight is 209 g/mol. The van der Waals surface area contributed by atoms with Gasteiger partial charge in [-0.1, -0.05) is 12.6 Å². The molecule has 0 aromatic heterocycles. The van der Waals surface area contributed by atoms with E-state index in [9.17, 15) is 9.50 Å². The van der Waals surface area contributed by atoms with Gasteiger partial charge in [-0.15, -0.1) is 0 Å². The molecular weight excluding hydrogens is 193 g/mol. The summed E-state index contributed by atoms with van der Waals surface area (Å²) >= 11 is 0. The van der Waals surface area contributed by atoms with Crippen LogP contribution in [0.4, 0.5) is 4.39 Å². The van der Waals surface area contributed by atoms with E-state index in [0.29, 0.717) is 29.7 Å². The molecule has 0 heterocycles. The van der Waals surface area contributed by atoms with Crippen molar-refractivity contribution in [1.82, 2.24) is 0 Å². The van der Waals surface area contributed by atoms with Gasteiger partial charge >= 0.3 is 0 Å². The Morgan fingerprint density at radius 1 is 1.60 bits per heavy atom. The number of benzene rings is 1. The summed E-state index contributed by atoms with van der Waals surface area (Å²) in [6.45, 7) is 5.82. The molecule has 0 fully saturated rings. The van der Waals surface area contributed by atoms with Crippen molar-refractivity contribution >= 4 is 5.57 Å². The highest BCUT2D eigenvalue weighted by molar-refractivity contribution is 5.62. The molecule has 0 amide bonds. The van der Waals surface area contributed by atoms with Gasteiger partial charge in [-0.25, -0.2) is 4.39 Å². The van der Waals surface area contributed by atoms with Crippen molar-refractivity contribution in [2.24, 2.45) is 5.73 Å². The molecule has 1 atom stereocenters. The van der Waals surface area contributed by atoms with E-state index in [-0.39, 0.29) is 5.82 Å². The van der Waals surface area contributed by atoms with E-state index in [0.717, 1.165) is 0 Å². The fourth-order valence-electron chi connectivity index (χ4n) is 1.40. The Morgan fingerprint density at radius 2 is 2.27 bits per heavy atom. The Morgan fingerprint density at radius 3 is 2.80 bits per heavy atom. The van der Waals surface area contributed by atoms with Crippen molar-refractivity contribution in [2.45, 2.75) is 19.4 Å². The van der Waals surface area contributed by atoms with E-state index >= 15 is 0 Å². The van der Waals surface area contributed by atoms with Crippen LogP contribution < -0.4 is 5.73 Å². The van der Waals surface area contributed by atoms with Crippen molar-refractivity contribution in [3.05, 3.63) is 41.7 Å². The molecular formula is C12H16FNO. The molecule has 0 aliphatic heterocycles. The molecule has 0 aliphatic rings. The second-order valence-electron chi connectivity index (χ2n) is 3.61. The van der Waals surface area contributed by atoms with Gasteiger partial charge in [0.15, 0.2) is 0 Å². The number of hydrogen-bond donors (Lipinski definition) is 2. The molecule has 82 valence electrons. The van der Waals surface area contributed by atoms with Crippen LogP contribution in [0.5, 0.6) is 0 Å². The lowest BCUT2D eigenvalue weighted by Crippen LogP contribution is -2.07. The zero-order valence-electron chi connectivity index (χ0n) is 8.83. The molecule has 0 radical (unpaired) electrons. The average Bonchev–Trinajstić information content (AvgIpc) is 2.18. The van der Waals surface area contributed by atoms with Crippen molar-refractivity contribution in [2.75, 3.05) is 6.54 Å². The normalized spacial score (nSPS) is 12.5. The van der Waals surface area contributed by atoms with Crippen LogP contribution in [0.1, 0.15) is 30.6 Å². The molecule has 1 aromatic rings. The van der Waals surface area contributed by atoms with Crippen LogP contribution in [0.3, 0.4) is 0 Å². The summed E-state index contributed by atoms with van der Waals surface area (Å²) in [7, 11) is 0. The molecule has 1 unspecified atom stereocenters. The van der Waals surface area contributed by atoms with E-state index < -0.39 is 6.10 Å². The Bertz CT molecular complexity index is 363. The third kappa shape index (κ3) is 2.88. The van der Waals surface area contributed by atoms with Gasteiger partial charge in [-0.05, 0) is 43.2 Å². The zero-order chi connectivity index (χ0) is 11.4. The maximum Gasteiger partial charge on any atom is 0.130 e. The second kappa shape index (κ2) is 5.05. The number of halogens is 1. The minimum Gasteiger partial charge on any atom is -0.388 e. The van der Waals surface area contributed by atoms with Crippen molar-refractivity contribution < 1.29 is 9.50 Å². The minimum absolute atomic E-state index is 0.314. The van der Waals surface area contributed by atoms with E-state index in [4.69, 9.17) is 5.73 Å². The summed E-state index contributed by atoms with van der Waals surface area (Å²) in [4.78, 5) is 0. The number of rotatable bonds is 4. The predicted octanol–water partition coefficient (Wildman–Crippen LogP) is 2.24. The van der Waals surface area contributed by atoms with Gasteiger partial charge in [0.05, 0.1) is 6.10 Å². The summed E-state index contributed by atoms with van der Waals surface area (Å²) in [6, 6.07) is 4.54. The Kier molecular flexibility index (Phi) is 4.00. The third-order valence-electron chi connectivity index (χ3n) is 2.28. The lowest BCUT2D eigenvalue weighted by molar-refractivity contribution is 0.170. The predicted molar refractivity (Wildman–Crippen MR) is 59.7 cm³/mol. The maximum absolute atomic E-state index is 13.3. The molecule has 0 saturated heterocycles. The number of nitrogens with two attached hydrogens (primary N) is 1. The fraction of sp³-hybridized carbons (Fsp3) is 0.333. The van der Waals surface area contributed by atoms with Gasteiger partial charge < -0.3 is 10.8 Å². The first kappa shape index (κ1) is 11.9. The van der Waals surface area contributed by atoms with Crippen LogP contribution in [0, 0.1) is 5.82 Å². The molecule has 1 aromatic carbocycles. The van der Waals surface area contributed by atoms with E-state index in [1.165, 1.54) is 6.07 Å².